The highest BCUT2D eigenvalue weighted by atomic mass is 31.0. The third-order valence-corrected chi connectivity index (χ3v) is 2.02. The molecule has 2 heterocycles. The molecule has 1 unspecified atom stereocenters. The van der Waals surface area contributed by atoms with Gasteiger partial charge in [0.2, 0.25) is 0 Å². The minimum Gasteiger partial charge on any atom is -0.244 e. The second kappa shape index (κ2) is 1.78. The lowest BCUT2D eigenvalue weighted by Gasteiger charge is -1.80. The molecule has 3 nitrogen and oxygen atoms in total. The number of aromatic nitrogens is 3. The van der Waals surface area contributed by atoms with Gasteiger partial charge < -0.3 is 0 Å². The van der Waals surface area contributed by atoms with Crippen LogP contribution in [0.25, 0.3) is 10.8 Å². The highest BCUT2D eigenvalue weighted by molar-refractivity contribution is 7.36. The Kier molecular flexibility index (Phi) is 0.965. The van der Waals surface area contributed by atoms with Crippen LogP contribution in [-0.4, -0.2) is 15.0 Å². The first-order valence-electron chi connectivity index (χ1n) is 2.56. The SMILES string of the molecule is c1ncc2[pH]cnc2n1. The fraction of sp³-hybridized carbons (Fsp3) is 0. The predicted molar refractivity (Wildman–Crippen MR) is 36.8 cm³/mol. The molecule has 44 valence electrons. The van der Waals surface area contributed by atoms with E-state index in [1.807, 2.05) is 12.1 Å². The number of hydrogen-bond acceptors (Lipinski definition) is 3. The van der Waals surface area contributed by atoms with Gasteiger partial charge in [-0.25, -0.2) is 15.0 Å². The molecule has 0 aromatic carbocycles. The standard InChI is InChI=1S/C5H4N3P/c1-4-5(7-2-6-1)8-3-9-4/h1-3,9H. The lowest BCUT2D eigenvalue weighted by atomic mass is 10.6. The molecule has 0 aliphatic carbocycles. The first-order chi connectivity index (χ1) is 4.47. The summed E-state index contributed by atoms with van der Waals surface area (Å²) in [6, 6.07) is 0. The molecular formula is C5H4N3P. The quantitative estimate of drug-likeness (QED) is 0.544. The topological polar surface area (TPSA) is 38.7 Å². The van der Waals surface area contributed by atoms with Gasteiger partial charge in [-0.05, 0) is 0 Å². The molecule has 2 rings (SSSR count). The summed E-state index contributed by atoms with van der Waals surface area (Å²) in [5.74, 6) is 1.87. The van der Waals surface area contributed by atoms with Crippen molar-refractivity contribution in [1.82, 2.24) is 15.0 Å². The molecule has 1 atom stereocenters. The van der Waals surface area contributed by atoms with Crippen molar-refractivity contribution in [2.24, 2.45) is 0 Å². The molecular weight excluding hydrogens is 133 g/mol. The van der Waals surface area contributed by atoms with Crippen molar-refractivity contribution in [3.8, 4) is 0 Å². The molecule has 0 saturated carbocycles. The van der Waals surface area contributed by atoms with Crippen LogP contribution < -0.4 is 0 Å². The molecule has 2 aromatic heterocycles. The molecule has 0 aliphatic heterocycles. The van der Waals surface area contributed by atoms with Crippen molar-refractivity contribution in [3.63, 3.8) is 0 Å². The van der Waals surface area contributed by atoms with E-state index in [4.69, 9.17) is 0 Å². The van der Waals surface area contributed by atoms with Crippen LogP contribution >= 0.6 is 8.19 Å². The van der Waals surface area contributed by atoms with E-state index in [1.165, 1.54) is 6.33 Å². The molecule has 2 aromatic rings. The Morgan fingerprint density at radius 3 is 3.22 bits per heavy atom. The summed E-state index contributed by atoms with van der Waals surface area (Å²) in [4.78, 5) is 11.9. The smallest absolute Gasteiger partial charge is 0.166 e. The van der Waals surface area contributed by atoms with Gasteiger partial charge in [0.25, 0.3) is 0 Å². The van der Waals surface area contributed by atoms with Crippen molar-refractivity contribution in [2.45, 2.75) is 0 Å². The third-order valence-electron chi connectivity index (χ3n) is 1.10. The van der Waals surface area contributed by atoms with Crippen LogP contribution in [0.4, 0.5) is 0 Å². The zero-order chi connectivity index (χ0) is 6.10. The second-order valence-electron chi connectivity index (χ2n) is 1.66. The van der Waals surface area contributed by atoms with Crippen molar-refractivity contribution >= 4 is 19.0 Å². The molecule has 0 saturated heterocycles. The van der Waals surface area contributed by atoms with E-state index in [0.717, 1.165) is 10.8 Å². The summed E-state index contributed by atoms with van der Waals surface area (Å²) >= 11 is 0. The van der Waals surface area contributed by atoms with Gasteiger partial charge in [0, 0.05) is 12.1 Å². The van der Waals surface area contributed by atoms with Crippen LogP contribution in [0.15, 0.2) is 18.5 Å². The maximum atomic E-state index is 4.04. The number of hydrogen-bond donors (Lipinski definition) is 0. The molecule has 0 bridgehead atoms. The number of nitrogens with zero attached hydrogens (tertiary/aromatic N) is 3. The molecule has 0 N–H and O–H groups in total. The normalized spacial score (nSPS) is 11.1. The Morgan fingerprint density at radius 1 is 1.33 bits per heavy atom. The van der Waals surface area contributed by atoms with E-state index in [-0.39, 0.29) is 0 Å². The lowest BCUT2D eigenvalue weighted by Crippen LogP contribution is -1.74. The van der Waals surface area contributed by atoms with Crippen LogP contribution in [0.1, 0.15) is 0 Å². The van der Waals surface area contributed by atoms with Crippen molar-refractivity contribution in [2.75, 3.05) is 0 Å². The maximum Gasteiger partial charge on any atom is 0.166 e. The van der Waals surface area contributed by atoms with Gasteiger partial charge in [-0.15, -0.1) is 8.19 Å². The lowest BCUT2D eigenvalue weighted by molar-refractivity contribution is 1.20. The molecule has 9 heavy (non-hydrogen) atoms. The highest BCUT2D eigenvalue weighted by Gasteiger charge is 1.90. The average Bonchev–Trinajstić information content (AvgIpc) is 2.33. The largest absolute Gasteiger partial charge is 0.244 e. The highest BCUT2D eigenvalue weighted by Crippen LogP contribution is 2.17. The summed E-state index contributed by atoms with van der Waals surface area (Å²) in [5, 5.41) is 1.15. The van der Waals surface area contributed by atoms with E-state index >= 15 is 0 Å². The van der Waals surface area contributed by atoms with Crippen LogP contribution in [0.5, 0.6) is 0 Å². The fourth-order valence-electron chi connectivity index (χ4n) is 0.691. The van der Waals surface area contributed by atoms with Gasteiger partial charge in [-0.3, -0.25) is 0 Å². The van der Waals surface area contributed by atoms with Gasteiger partial charge >= 0.3 is 0 Å². The van der Waals surface area contributed by atoms with Crippen LogP contribution in [-0.2, 0) is 0 Å². The van der Waals surface area contributed by atoms with Crippen LogP contribution in [0, 0.1) is 0 Å². The van der Waals surface area contributed by atoms with Gasteiger partial charge in [-0.2, -0.15) is 0 Å². The summed E-state index contributed by atoms with van der Waals surface area (Å²) in [7, 11) is 0.663. The molecule has 0 fully saturated rings. The Balaban J connectivity index is 2.95. The molecule has 0 amide bonds. The van der Waals surface area contributed by atoms with Crippen molar-refractivity contribution in [3.05, 3.63) is 18.5 Å². The minimum absolute atomic E-state index is 0.663. The predicted octanol–water partition coefficient (Wildman–Crippen LogP) is 1.06. The Hall–Kier alpha value is -0.950. The average molecular weight is 137 g/mol. The fourth-order valence-corrected chi connectivity index (χ4v) is 1.42. The molecule has 0 aliphatic rings. The van der Waals surface area contributed by atoms with E-state index in [9.17, 15) is 0 Å². The van der Waals surface area contributed by atoms with E-state index in [2.05, 4.69) is 15.0 Å². The summed E-state index contributed by atoms with van der Waals surface area (Å²) in [6.07, 6.45) is 3.33. The van der Waals surface area contributed by atoms with Crippen molar-refractivity contribution in [1.29, 1.82) is 0 Å². The minimum atomic E-state index is 0.663. The Bertz CT molecular complexity index is 286. The van der Waals surface area contributed by atoms with E-state index in [1.54, 1.807) is 0 Å². The number of fused-ring (bicyclic) bond motifs is 1. The van der Waals surface area contributed by atoms with Gasteiger partial charge in [0.15, 0.2) is 5.65 Å². The zero-order valence-corrected chi connectivity index (χ0v) is 5.57. The van der Waals surface area contributed by atoms with Crippen molar-refractivity contribution < 1.29 is 0 Å². The summed E-state index contributed by atoms with van der Waals surface area (Å²) < 4.78 is 0. The first-order valence-corrected chi connectivity index (χ1v) is 3.63. The van der Waals surface area contributed by atoms with Gasteiger partial charge in [-0.1, -0.05) is 0 Å². The Labute approximate surface area is 53.3 Å². The molecule has 0 radical (unpaired) electrons. The Morgan fingerprint density at radius 2 is 2.33 bits per heavy atom. The second-order valence-corrected chi connectivity index (χ2v) is 2.75. The zero-order valence-electron chi connectivity index (χ0n) is 4.57. The number of rotatable bonds is 0. The summed E-state index contributed by atoms with van der Waals surface area (Å²) in [5.41, 5.74) is 0.836. The maximum absolute atomic E-state index is 4.04. The van der Waals surface area contributed by atoms with Crippen LogP contribution in [0.3, 0.4) is 0 Å². The monoisotopic (exact) mass is 137 g/mol. The molecule has 4 heteroatoms. The van der Waals surface area contributed by atoms with E-state index < -0.39 is 0 Å². The van der Waals surface area contributed by atoms with Gasteiger partial charge in [0.05, 0.1) is 5.12 Å². The summed E-state index contributed by atoms with van der Waals surface area (Å²) in [6.45, 7) is 0. The third kappa shape index (κ3) is 0.698. The molecule has 0 spiro atoms. The first kappa shape index (κ1) is 4.89. The van der Waals surface area contributed by atoms with E-state index in [0.29, 0.717) is 8.19 Å². The van der Waals surface area contributed by atoms with Crippen LogP contribution in [0.2, 0.25) is 0 Å². The van der Waals surface area contributed by atoms with Gasteiger partial charge in [0.1, 0.15) is 6.33 Å².